The predicted molar refractivity (Wildman–Crippen MR) is 136 cm³/mol. The SMILES string of the molecule is C[C@@H](CC[C@@](C)(O)c1ccccc1)[C@H]1CC[C@H]2[C@@H]3CC=C4C[C@@H](O)CC[C@]4(C)[C@H]3CC[C@]12C. The van der Waals surface area contributed by atoms with Crippen molar-refractivity contribution in [1.82, 2.24) is 0 Å². The van der Waals surface area contributed by atoms with Crippen LogP contribution >= 0.6 is 0 Å². The molecule has 1 aromatic rings. The van der Waals surface area contributed by atoms with Gasteiger partial charge in [0.05, 0.1) is 11.7 Å². The summed E-state index contributed by atoms with van der Waals surface area (Å²) in [7, 11) is 0. The molecule has 0 saturated heterocycles. The van der Waals surface area contributed by atoms with E-state index in [0.717, 1.165) is 54.9 Å². The molecule has 9 atom stereocenters. The maximum absolute atomic E-state index is 11.2. The van der Waals surface area contributed by atoms with Crippen molar-refractivity contribution in [2.45, 2.75) is 104 Å². The lowest BCUT2D eigenvalue weighted by molar-refractivity contribution is -0.0589. The number of fused-ring (bicyclic) bond motifs is 5. The Kier molecular flexibility index (Phi) is 6.10. The molecule has 0 aliphatic heterocycles. The first-order valence-electron chi connectivity index (χ1n) is 13.8. The maximum atomic E-state index is 11.2. The van der Waals surface area contributed by atoms with Crippen molar-refractivity contribution < 1.29 is 10.2 Å². The van der Waals surface area contributed by atoms with Crippen LogP contribution in [0.15, 0.2) is 42.0 Å². The minimum Gasteiger partial charge on any atom is -0.393 e. The Morgan fingerprint density at radius 2 is 1.79 bits per heavy atom. The fourth-order valence-corrected chi connectivity index (χ4v) is 9.27. The first kappa shape index (κ1) is 23.6. The number of aliphatic hydroxyl groups excluding tert-OH is 1. The van der Waals surface area contributed by atoms with Gasteiger partial charge in [-0.15, -0.1) is 0 Å². The molecule has 0 heterocycles. The van der Waals surface area contributed by atoms with Crippen molar-refractivity contribution in [2.24, 2.45) is 40.4 Å². The summed E-state index contributed by atoms with van der Waals surface area (Å²) < 4.78 is 0. The lowest BCUT2D eigenvalue weighted by Crippen LogP contribution is -2.50. The molecule has 0 aromatic heterocycles. The summed E-state index contributed by atoms with van der Waals surface area (Å²) in [5.41, 5.74) is 2.67. The zero-order valence-corrected chi connectivity index (χ0v) is 21.4. The highest BCUT2D eigenvalue weighted by atomic mass is 16.3. The highest BCUT2D eigenvalue weighted by molar-refractivity contribution is 5.25. The van der Waals surface area contributed by atoms with Gasteiger partial charge >= 0.3 is 0 Å². The molecule has 33 heavy (non-hydrogen) atoms. The van der Waals surface area contributed by atoms with E-state index in [9.17, 15) is 10.2 Å². The molecule has 182 valence electrons. The summed E-state index contributed by atoms with van der Waals surface area (Å²) >= 11 is 0. The third-order valence-corrected chi connectivity index (χ3v) is 11.3. The molecule has 2 heteroatoms. The van der Waals surface area contributed by atoms with Crippen molar-refractivity contribution in [3.05, 3.63) is 47.5 Å². The normalized spacial score (nSPS) is 43.0. The molecule has 1 aromatic carbocycles. The van der Waals surface area contributed by atoms with Crippen molar-refractivity contribution in [2.75, 3.05) is 0 Å². The van der Waals surface area contributed by atoms with Crippen LogP contribution in [0.4, 0.5) is 0 Å². The molecule has 3 saturated carbocycles. The number of hydrogen-bond donors (Lipinski definition) is 2. The summed E-state index contributed by atoms with van der Waals surface area (Å²) in [4.78, 5) is 0. The third-order valence-electron chi connectivity index (χ3n) is 11.3. The Balaban J connectivity index is 1.29. The van der Waals surface area contributed by atoms with E-state index in [0.29, 0.717) is 16.7 Å². The van der Waals surface area contributed by atoms with Gasteiger partial charge in [0.1, 0.15) is 0 Å². The van der Waals surface area contributed by atoms with Crippen LogP contribution in [0, 0.1) is 40.4 Å². The molecule has 0 unspecified atom stereocenters. The molecule has 0 spiro atoms. The zero-order chi connectivity index (χ0) is 23.4. The van der Waals surface area contributed by atoms with E-state index < -0.39 is 5.60 Å². The first-order valence-corrected chi connectivity index (χ1v) is 13.8. The summed E-state index contributed by atoms with van der Waals surface area (Å²) in [6.07, 6.45) is 14.2. The smallest absolute Gasteiger partial charge is 0.0868 e. The highest BCUT2D eigenvalue weighted by Gasteiger charge is 2.59. The molecule has 0 amide bonds. The zero-order valence-electron chi connectivity index (χ0n) is 21.4. The molecule has 2 nitrogen and oxygen atoms in total. The summed E-state index contributed by atoms with van der Waals surface area (Å²) in [5.74, 6) is 3.93. The van der Waals surface area contributed by atoms with Crippen LogP contribution in [-0.4, -0.2) is 16.3 Å². The maximum Gasteiger partial charge on any atom is 0.0868 e. The minimum absolute atomic E-state index is 0.112. The Bertz CT molecular complexity index is 872. The number of hydrogen-bond acceptors (Lipinski definition) is 2. The van der Waals surface area contributed by atoms with E-state index in [4.69, 9.17) is 0 Å². The van der Waals surface area contributed by atoms with Crippen molar-refractivity contribution >= 4 is 0 Å². The van der Waals surface area contributed by atoms with Crippen LogP contribution in [0.5, 0.6) is 0 Å². The van der Waals surface area contributed by atoms with Gasteiger partial charge in [0.2, 0.25) is 0 Å². The van der Waals surface area contributed by atoms with Gasteiger partial charge in [0, 0.05) is 0 Å². The largest absolute Gasteiger partial charge is 0.393 e. The van der Waals surface area contributed by atoms with Gasteiger partial charge in [-0.3, -0.25) is 0 Å². The Morgan fingerprint density at radius 1 is 1.03 bits per heavy atom. The lowest BCUT2D eigenvalue weighted by Gasteiger charge is -2.58. The van der Waals surface area contributed by atoms with Crippen LogP contribution in [0.3, 0.4) is 0 Å². The monoisotopic (exact) mass is 450 g/mol. The van der Waals surface area contributed by atoms with E-state index in [1.807, 2.05) is 25.1 Å². The Morgan fingerprint density at radius 3 is 2.55 bits per heavy atom. The van der Waals surface area contributed by atoms with Gasteiger partial charge in [0.15, 0.2) is 0 Å². The van der Waals surface area contributed by atoms with Gasteiger partial charge in [-0.2, -0.15) is 0 Å². The Hall–Kier alpha value is -1.12. The lowest BCUT2D eigenvalue weighted by atomic mass is 9.47. The van der Waals surface area contributed by atoms with Crippen LogP contribution in [0.25, 0.3) is 0 Å². The third kappa shape index (κ3) is 3.94. The van der Waals surface area contributed by atoms with E-state index in [1.54, 1.807) is 5.57 Å². The average Bonchev–Trinajstić information content (AvgIpc) is 3.16. The molecule has 0 radical (unpaired) electrons. The predicted octanol–water partition coefficient (Wildman–Crippen LogP) is 7.25. The van der Waals surface area contributed by atoms with Crippen LogP contribution in [-0.2, 0) is 5.60 Å². The van der Waals surface area contributed by atoms with E-state index in [1.165, 1.54) is 38.5 Å². The summed E-state index contributed by atoms with van der Waals surface area (Å²) in [5, 5.41) is 21.4. The van der Waals surface area contributed by atoms with Crippen molar-refractivity contribution in [1.29, 1.82) is 0 Å². The second-order valence-electron chi connectivity index (χ2n) is 13.0. The minimum atomic E-state index is -0.739. The van der Waals surface area contributed by atoms with Gasteiger partial charge in [-0.25, -0.2) is 0 Å². The van der Waals surface area contributed by atoms with E-state index >= 15 is 0 Å². The molecule has 2 N–H and O–H groups in total. The number of allylic oxidation sites excluding steroid dienone is 1. The van der Waals surface area contributed by atoms with Gasteiger partial charge < -0.3 is 10.2 Å². The summed E-state index contributed by atoms with van der Waals surface area (Å²) in [6, 6.07) is 10.2. The second-order valence-corrected chi connectivity index (χ2v) is 13.0. The van der Waals surface area contributed by atoms with Gasteiger partial charge in [-0.05, 0) is 117 Å². The van der Waals surface area contributed by atoms with Gasteiger partial charge in [0.25, 0.3) is 0 Å². The van der Waals surface area contributed by atoms with Crippen LogP contribution < -0.4 is 0 Å². The van der Waals surface area contributed by atoms with E-state index in [2.05, 4.69) is 39.0 Å². The topological polar surface area (TPSA) is 40.5 Å². The van der Waals surface area contributed by atoms with Crippen molar-refractivity contribution in [3.8, 4) is 0 Å². The number of rotatable bonds is 5. The fourth-order valence-electron chi connectivity index (χ4n) is 9.27. The first-order chi connectivity index (χ1) is 15.6. The number of aliphatic hydroxyl groups is 2. The van der Waals surface area contributed by atoms with Crippen LogP contribution in [0.1, 0.15) is 97.5 Å². The molecule has 0 bridgehead atoms. The molecule has 4 aliphatic carbocycles. The molecule has 4 aliphatic rings. The fraction of sp³-hybridized carbons (Fsp3) is 0.742. The highest BCUT2D eigenvalue weighted by Crippen LogP contribution is 2.67. The molecule has 3 fully saturated rings. The molecule has 5 rings (SSSR count). The van der Waals surface area contributed by atoms with E-state index in [-0.39, 0.29) is 6.10 Å². The average molecular weight is 451 g/mol. The quantitative estimate of drug-likeness (QED) is 0.464. The molecular weight excluding hydrogens is 404 g/mol. The van der Waals surface area contributed by atoms with Crippen LogP contribution in [0.2, 0.25) is 0 Å². The van der Waals surface area contributed by atoms with Crippen molar-refractivity contribution in [3.63, 3.8) is 0 Å². The summed E-state index contributed by atoms with van der Waals surface area (Å²) in [6.45, 7) is 9.62. The second kappa shape index (κ2) is 8.52. The van der Waals surface area contributed by atoms with Gasteiger partial charge in [-0.1, -0.05) is 62.8 Å². The number of benzene rings is 1. The standard InChI is InChI=1S/C31H46O2/c1-21(14-19-31(4,33)22-8-6-5-7-9-22)26-12-13-27-25-11-10-23-20-24(32)15-17-29(23,2)28(25)16-18-30(26,27)3/h5-10,21,24-28,32-33H,11-20H2,1-4H3/t21-,24-,25-,26+,27-,28-,29-,30+,31+/m0/s1. The Labute approximate surface area is 201 Å². The molecular formula is C31H46O2.